The summed E-state index contributed by atoms with van der Waals surface area (Å²) in [7, 11) is 0. The summed E-state index contributed by atoms with van der Waals surface area (Å²) in [5, 5.41) is 13.9. The average Bonchev–Trinajstić information content (AvgIpc) is 3.47. The van der Waals surface area contributed by atoms with E-state index in [0.717, 1.165) is 23.7 Å². The van der Waals surface area contributed by atoms with Crippen LogP contribution < -0.4 is 10.1 Å². The predicted octanol–water partition coefficient (Wildman–Crippen LogP) is 5.04. The number of rotatable bonds is 5. The largest absolute Gasteiger partial charge is 0.490 e. The highest BCUT2D eigenvalue weighted by molar-refractivity contribution is 5.98. The molecule has 0 spiro atoms. The third-order valence-electron chi connectivity index (χ3n) is 6.34. The smallest absolute Gasteiger partial charge is 0.424 e. The molecular formula is C26H21F4N3O3. The zero-order valence-electron chi connectivity index (χ0n) is 19.0. The van der Waals surface area contributed by atoms with Crippen molar-refractivity contribution >= 4 is 16.8 Å². The van der Waals surface area contributed by atoms with Gasteiger partial charge in [-0.05, 0) is 54.6 Å². The number of fused-ring (bicyclic) bond motifs is 2. The highest BCUT2D eigenvalue weighted by Gasteiger charge is 2.57. The number of aliphatic hydroxyl groups is 1. The Hall–Kier alpha value is -3.92. The number of amides is 1. The second-order valence-electron chi connectivity index (χ2n) is 8.81. The summed E-state index contributed by atoms with van der Waals surface area (Å²) in [4.78, 5) is 19.8. The van der Waals surface area contributed by atoms with Gasteiger partial charge in [-0.2, -0.15) is 13.2 Å². The first-order valence-electron chi connectivity index (χ1n) is 11.2. The van der Waals surface area contributed by atoms with Crippen molar-refractivity contribution < 1.29 is 32.2 Å². The predicted molar refractivity (Wildman–Crippen MR) is 124 cm³/mol. The lowest BCUT2D eigenvalue weighted by atomic mass is 9.92. The number of carbonyl (C=O) groups is 1. The Morgan fingerprint density at radius 2 is 1.92 bits per heavy atom. The van der Waals surface area contributed by atoms with Gasteiger partial charge in [0.2, 0.25) is 5.60 Å². The molecular weight excluding hydrogens is 478 g/mol. The number of pyridine rings is 1. The summed E-state index contributed by atoms with van der Waals surface area (Å²) in [5.41, 5.74) is -2.45. The van der Waals surface area contributed by atoms with Crippen molar-refractivity contribution in [1.82, 2.24) is 15.3 Å². The zero-order valence-corrected chi connectivity index (χ0v) is 19.0. The molecule has 0 saturated carbocycles. The van der Waals surface area contributed by atoms with Gasteiger partial charge in [-0.15, -0.1) is 0 Å². The van der Waals surface area contributed by atoms with Crippen LogP contribution in [-0.2, 0) is 5.60 Å². The molecule has 0 fully saturated rings. The second kappa shape index (κ2) is 8.63. The third-order valence-corrected chi connectivity index (χ3v) is 6.34. The molecule has 0 saturated heterocycles. The maximum Gasteiger partial charge on any atom is 0.424 e. The van der Waals surface area contributed by atoms with Gasteiger partial charge in [0.05, 0.1) is 18.8 Å². The van der Waals surface area contributed by atoms with Gasteiger partial charge in [0.25, 0.3) is 5.91 Å². The maximum atomic E-state index is 14.3. The molecule has 1 aliphatic rings. The number of nitrogens with one attached hydrogen (secondary N) is 2. The van der Waals surface area contributed by atoms with Crippen molar-refractivity contribution in [3.05, 3.63) is 83.4 Å². The fourth-order valence-corrected chi connectivity index (χ4v) is 4.22. The van der Waals surface area contributed by atoms with Crippen LogP contribution in [-0.4, -0.2) is 40.3 Å². The number of halogens is 4. The molecule has 186 valence electrons. The number of alkyl halides is 3. The number of ether oxygens (including phenoxy) is 1. The summed E-state index contributed by atoms with van der Waals surface area (Å²) in [6.07, 6.45) is -3.49. The monoisotopic (exact) mass is 499 g/mol. The fraction of sp³-hybridized carbons (Fsp3) is 0.231. The fourth-order valence-electron chi connectivity index (χ4n) is 4.22. The number of aromatic amines is 1. The lowest BCUT2D eigenvalue weighted by Gasteiger charge is -2.31. The summed E-state index contributed by atoms with van der Waals surface area (Å²) in [6, 6.07) is 12.6. The molecule has 2 atom stereocenters. The molecule has 0 radical (unpaired) electrons. The van der Waals surface area contributed by atoms with Crippen LogP contribution in [0, 0.1) is 5.82 Å². The van der Waals surface area contributed by atoms with E-state index in [-0.39, 0.29) is 29.5 Å². The molecule has 3 N–H and O–H groups in total. The van der Waals surface area contributed by atoms with Gasteiger partial charge in [0.1, 0.15) is 17.3 Å². The van der Waals surface area contributed by atoms with E-state index < -0.39 is 35.7 Å². The molecule has 6 nitrogen and oxygen atoms in total. The first kappa shape index (κ1) is 23.8. The third kappa shape index (κ3) is 4.07. The van der Waals surface area contributed by atoms with E-state index in [0.29, 0.717) is 16.5 Å². The summed E-state index contributed by atoms with van der Waals surface area (Å²) in [5.74, 6) is -1.28. The van der Waals surface area contributed by atoms with Crippen LogP contribution in [0.4, 0.5) is 17.6 Å². The van der Waals surface area contributed by atoms with E-state index in [1.165, 1.54) is 24.3 Å². The first-order chi connectivity index (χ1) is 17.1. The minimum absolute atomic E-state index is 0.0544. The van der Waals surface area contributed by atoms with Crippen molar-refractivity contribution in [2.24, 2.45) is 0 Å². The molecule has 2 aromatic heterocycles. The van der Waals surface area contributed by atoms with Crippen LogP contribution in [0.5, 0.6) is 5.75 Å². The number of nitrogens with zero attached hydrogens (tertiary/aromatic N) is 1. The molecule has 4 aromatic rings. The Kier molecular flexibility index (Phi) is 5.71. The Balaban J connectivity index is 1.53. The Morgan fingerprint density at radius 3 is 2.64 bits per heavy atom. The molecule has 0 bridgehead atoms. The number of H-pyrrole nitrogens is 1. The van der Waals surface area contributed by atoms with Crippen LogP contribution in [0.15, 0.2) is 60.8 Å². The van der Waals surface area contributed by atoms with Gasteiger partial charge in [0.15, 0.2) is 0 Å². The van der Waals surface area contributed by atoms with Gasteiger partial charge >= 0.3 is 6.18 Å². The van der Waals surface area contributed by atoms with E-state index in [9.17, 15) is 27.5 Å². The maximum absolute atomic E-state index is 14.3. The summed E-state index contributed by atoms with van der Waals surface area (Å²) >= 11 is 0. The lowest BCUT2D eigenvalue weighted by Crippen LogP contribution is -2.51. The highest BCUT2D eigenvalue weighted by atomic mass is 19.4. The number of carbonyl (C=O) groups excluding carboxylic acids is 1. The Bertz CT molecular complexity index is 1450. The van der Waals surface area contributed by atoms with Gasteiger partial charge in [-0.1, -0.05) is 6.92 Å². The molecule has 2 aromatic carbocycles. The van der Waals surface area contributed by atoms with Crippen LogP contribution >= 0.6 is 0 Å². The minimum Gasteiger partial charge on any atom is -0.490 e. The van der Waals surface area contributed by atoms with Crippen LogP contribution in [0.2, 0.25) is 0 Å². The second-order valence-corrected chi connectivity index (χ2v) is 8.81. The number of aromatic nitrogens is 2. The van der Waals surface area contributed by atoms with E-state index in [4.69, 9.17) is 4.74 Å². The van der Waals surface area contributed by atoms with E-state index >= 15 is 0 Å². The van der Waals surface area contributed by atoms with Crippen molar-refractivity contribution in [3.63, 3.8) is 0 Å². The normalized spacial score (nSPS) is 16.9. The van der Waals surface area contributed by atoms with Crippen LogP contribution in [0.1, 0.15) is 34.5 Å². The topological polar surface area (TPSA) is 87.2 Å². The van der Waals surface area contributed by atoms with Crippen molar-refractivity contribution in [2.75, 3.05) is 13.2 Å². The molecule has 0 aliphatic carbocycles. The highest BCUT2D eigenvalue weighted by Crippen LogP contribution is 2.45. The standard InChI is InChI=1S/C26H21F4N3O3/c1-14-12-36-23-19(14)11-21(33-22(23)15-2-5-18(27)6-3-15)25(35,26(28,29)30)13-32-24(34)17-4-7-20-16(10-17)8-9-31-20/h2-11,14,31,35H,12-13H2,1H3,(H,32,34)/t14-,25+/m1/s1. The van der Waals surface area contributed by atoms with Gasteiger partial charge in [0, 0.05) is 39.7 Å². The lowest BCUT2D eigenvalue weighted by molar-refractivity contribution is -0.265. The van der Waals surface area contributed by atoms with Crippen molar-refractivity contribution in [1.29, 1.82) is 0 Å². The Labute approximate surface area is 202 Å². The first-order valence-corrected chi connectivity index (χ1v) is 11.2. The number of hydrogen-bond donors (Lipinski definition) is 3. The SMILES string of the molecule is C[C@@H]1COc2c1cc([C@@](O)(CNC(=O)c1ccc3[nH]ccc3c1)C(F)(F)F)nc2-c1ccc(F)cc1. The minimum atomic E-state index is -5.17. The molecule has 0 unspecified atom stereocenters. The molecule has 10 heteroatoms. The average molecular weight is 499 g/mol. The van der Waals surface area contributed by atoms with Gasteiger partial charge < -0.3 is 20.1 Å². The van der Waals surface area contributed by atoms with Crippen LogP contribution in [0.3, 0.4) is 0 Å². The van der Waals surface area contributed by atoms with Crippen molar-refractivity contribution in [3.8, 4) is 17.0 Å². The van der Waals surface area contributed by atoms with E-state index in [1.807, 2.05) is 0 Å². The molecule has 5 rings (SSSR count). The van der Waals surface area contributed by atoms with Crippen LogP contribution in [0.25, 0.3) is 22.2 Å². The zero-order chi connectivity index (χ0) is 25.7. The quantitative estimate of drug-likeness (QED) is 0.336. The molecule has 1 aliphatic heterocycles. The molecule has 1 amide bonds. The molecule has 3 heterocycles. The summed E-state index contributed by atoms with van der Waals surface area (Å²) in [6.45, 7) is 0.831. The van der Waals surface area contributed by atoms with E-state index in [1.54, 1.807) is 25.3 Å². The number of benzene rings is 2. The number of hydrogen-bond acceptors (Lipinski definition) is 4. The summed E-state index contributed by atoms with van der Waals surface area (Å²) < 4.78 is 62.1. The molecule has 36 heavy (non-hydrogen) atoms. The van der Waals surface area contributed by atoms with Crippen molar-refractivity contribution in [2.45, 2.75) is 24.6 Å². The Morgan fingerprint density at radius 1 is 1.17 bits per heavy atom. The van der Waals surface area contributed by atoms with Gasteiger partial charge in [-0.3, -0.25) is 4.79 Å². The van der Waals surface area contributed by atoms with Gasteiger partial charge in [-0.25, -0.2) is 9.37 Å². The van der Waals surface area contributed by atoms with E-state index in [2.05, 4.69) is 15.3 Å².